The number of piperazine rings is 1. The van der Waals surface area contributed by atoms with E-state index in [2.05, 4.69) is 26.8 Å². The van der Waals surface area contributed by atoms with Crippen LogP contribution in [0.4, 0.5) is 0 Å². The summed E-state index contributed by atoms with van der Waals surface area (Å²) in [5.74, 6) is 0. The monoisotopic (exact) mass is 296 g/mol. The lowest BCUT2D eigenvalue weighted by Crippen LogP contribution is -2.48. The summed E-state index contributed by atoms with van der Waals surface area (Å²) in [4.78, 5) is 2.39. The summed E-state index contributed by atoms with van der Waals surface area (Å²) in [6.45, 7) is 5.52. The molecule has 108 valence electrons. The average molecular weight is 296 g/mol. The van der Waals surface area contributed by atoms with Crippen LogP contribution < -0.4 is 0 Å². The molecule has 1 aromatic carbocycles. The zero-order chi connectivity index (χ0) is 14.2. The van der Waals surface area contributed by atoms with Crippen LogP contribution in [0.2, 0.25) is 0 Å². The molecule has 1 fully saturated rings. The topological polar surface area (TPSA) is 79.5 Å². The Hall–Kier alpha value is -1.51. The molecule has 0 saturated carbocycles. The first-order chi connectivity index (χ1) is 9.63. The fraction of sp³-hybridized carbons (Fsp3) is 0.500. The molecule has 8 heteroatoms. The summed E-state index contributed by atoms with van der Waals surface area (Å²) >= 11 is 0. The van der Waals surface area contributed by atoms with Crippen molar-refractivity contribution < 1.29 is 13.0 Å². The van der Waals surface area contributed by atoms with Gasteiger partial charge >= 0.3 is 0 Å². The molecular weight excluding hydrogens is 280 g/mol. The van der Waals surface area contributed by atoms with Crippen LogP contribution in [0, 0.1) is 0 Å². The number of hydrogen-bond acceptors (Lipinski definition) is 6. The molecule has 0 amide bonds. The van der Waals surface area contributed by atoms with Crippen molar-refractivity contribution in [3.63, 3.8) is 0 Å². The van der Waals surface area contributed by atoms with Gasteiger partial charge in [-0.1, -0.05) is 13.0 Å². The lowest BCUT2D eigenvalue weighted by Gasteiger charge is -2.33. The second-order valence-electron chi connectivity index (χ2n) is 4.73. The van der Waals surface area contributed by atoms with Crippen LogP contribution in [0.5, 0.6) is 0 Å². The Morgan fingerprint density at radius 2 is 1.95 bits per heavy atom. The van der Waals surface area contributed by atoms with E-state index in [1.807, 2.05) is 0 Å². The van der Waals surface area contributed by atoms with Gasteiger partial charge in [-0.05, 0) is 29.0 Å². The highest BCUT2D eigenvalue weighted by molar-refractivity contribution is 7.89. The molecular formula is C12H16N4O3S. The number of likely N-dealkylation sites (N-methyl/N-ethyl adjacent to an activating group) is 1. The maximum atomic E-state index is 12.7. The maximum absolute atomic E-state index is 12.7. The minimum atomic E-state index is -3.55. The van der Waals surface area contributed by atoms with E-state index in [0.717, 1.165) is 19.6 Å². The van der Waals surface area contributed by atoms with Gasteiger partial charge in [0, 0.05) is 26.2 Å². The molecule has 1 saturated heterocycles. The van der Waals surface area contributed by atoms with Gasteiger partial charge in [0.1, 0.15) is 10.4 Å². The van der Waals surface area contributed by atoms with Gasteiger partial charge in [-0.15, -0.1) is 0 Å². The average Bonchev–Trinajstić information content (AvgIpc) is 2.95. The van der Waals surface area contributed by atoms with Gasteiger partial charge in [0.05, 0.1) is 0 Å². The first-order valence-electron chi connectivity index (χ1n) is 6.56. The minimum Gasteiger partial charge on any atom is -0.301 e. The Kier molecular flexibility index (Phi) is 3.45. The number of hydrogen-bond donors (Lipinski definition) is 0. The Bertz CT molecular complexity index is 704. The van der Waals surface area contributed by atoms with Crippen molar-refractivity contribution in [3.8, 4) is 0 Å². The zero-order valence-corrected chi connectivity index (χ0v) is 12.0. The fourth-order valence-electron chi connectivity index (χ4n) is 2.41. The van der Waals surface area contributed by atoms with Crippen LogP contribution in [0.15, 0.2) is 27.7 Å². The number of benzene rings is 1. The van der Waals surface area contributed by atoms with E-state index in [1.54, 1.807) is 18.2 Å². The number of fused-ring (bicyclic) bond motifs is 1. The molecule has 0 unspecified atom stereocenters. The zero-order valence-electron chi connectivity index (χ0n) is 11.2. The molecule has 0 aliphatic carbocycles. The number of aromatic nitrogens is 2. The molecule has 1 aliphatic rings. The van der Waals surface area contributed by atoms with Gasteiger partial charge in [-0.25, -0.2) is 13.0 Å². The lowest BCUT2D eigenvalue weighted by atomic mass is 10.3. The van der Waals surface area contributed by atoms with Crippen molar-refractivity contribution in [1.82, 2.24) is 19.5 Å². The highest BCUT2D eigenvalue weighted by Crippen LogP contribution is 2.24. The standard InChI is InChI=1S/C12H16N4O3S/c1-2-15-6-8-16(9-7-15)20(17,18)11-5-3-4-10-12(11)14-19-13-10/h3-5H,2,6-9H2,1H3. The Morgan fingerprint density at radius 1 is 1.20 bits per heavy atom. The van der Waals surface area contributed by atoms with Crippen molar-refractivity contribution in [1.29, 1.82) is 0 Å². The molecule has 1 aromatic heterocycles. The summed E-state index contributed by atoms with van der Waals surface area (Å²) < 4.78 is 31.5. The molecule has 0 spiro atoms. The SMILES string of the molecule is CCN1CCN(S(=O)(=O)c2cccc3nonc23)CC1. The van der Waals surface area contributed by atoms with Gasteiger partial charge < -0.3 is 4.90 Å². The summed E-state index contributed by atoms with van der Waals surface area (Å²) in [7, 11) is -3.55. The van der Waals surface area contributed by atoms with E-state index in [-0.39, 0.29) is 4.90 Å². The van der Waals surface area contributed by atoms with Crippen LogP contribution in [-0.2, 0) is 10.0 Å². The van der Waals surface area contributed by atoms with Crippen LogP contribution in [0.3, 0.4) is 0 Å². The molecule has 2 aromatic rings. The predicted octanol–water partition coefficient (Wildman–Crippen LogP) is 0.549. The van der Waals surface area contributed by atoms with E-state index in [4.69, 9.17) is 0 Å². The van der Waals surface area contributed by atoms with E-state index in [9.17, 15) is 8.42 Å². The van der Waals surface area contributed by atoms with Gasteiger partial charge in [-0.2, -0.15) is 4.31 Å². The molecule has 1 aliphatic heterocycles. The quantitative estimate of drug-likeness (QED) is 0.823. The van der Waals surface area contributed by atoms with Gasteiger partial charge in [0.2, 0.25) is 10.0 Å². The largest absolute Gasteiger partial charge is 0.301 e. The summed E-state index contributed by atoms with van der Waals surface area (Å²) in [5, 5.41) is 7.39. The third-order valence-electron chi connectivity index (χ3n) is 3.65. The number of rotatable bonds is 3. The van der Waals surface area contributed by atoms with E-state index in [0.29, 0.717) is 24.1 Å². The van der Waals surface area contributed by atoms with Crippen molar-refractivity contribution in [2.45, 2.75) is 11.8 Å². The smallest absolute Gasteiger partial charge is 0.245 e. The predicted molar refractivity (Wildman–Crippen MR) is 72.7 cm³/mol. The fourth-order valence-corrected chi connectivity index (χ4v) is 3.97. The summed E-state index contributed by atoms with van der Waals surface area (Å²) in [6.07, 6.45) is 0. The third kappa shape index (κ3) is 2.19. The van der Waals surface area contributed by atoms with Crippen LogP contribution in [0.25, 0.3) is 11.0 Å². The van der Waals surface area contributed by atoms with Gasteiger partial charge in [0.25, 0.3) is 0 Å². The third-order valence-corrected chi connectivity index (χ3v) is 5.58. The van der Waals surface area contributed by atoms with Crippen molar-refractivity contribution in [3.05, 3.63) is 18.2 Å². The molecule has 3 rings (SSSR count). The highest BCUT2D eigenvalue weighted by Gasteiger charge is 2.30. The Labute approximate surface area is 117 Å². The van der Waals surface area contributed by atoms with Gasteiger partial charge in [-0.3, -0.25) is 0 Å². The maximum Gasteiger partial charge on any atom is 0.245 e. The van der Waals surface area contributed by atoms with E-state index >= 15 is 0 Å². The number of sulfonamides is 1. The van der Waals surface area contributed by atoms with Crippen molar-refractivity contribution >= 4 is 21.1 Å². The van der Waals surface area contributed by atoms with Crippen molar-refractivity contribution in [2.24, 2.45) is 0 Å². The van der Waals surface area contributed by atoms with E-state index in [1.165, 1.54) is 4.31 Å². The van der Waals surface area contributed by atoms with Crippen molar-refractivity contribution in [2.75, 3.05) is 32.7 Å². The normalized spacial score (nSPS) is 18.6. The molecule has 0 radical (unpaired) electrons. The Morgan fingerprint density at radius 3 is 2.65 bits per heavy atom. The molecule has 0 atom stereocenters. The van der Waals surface area contributed by atoms with Crippen LogP contribution >= 0.6 is 0 Å². The molecule has 2 heterocycles. The first-order valence-corrected chi connectivity index (χ1v) is 8.00. The van der Waals surface area contributed by atoms with Crippen LogP contribution in [0.1, 0.15) is 6.92 Å². The molecule has 0 bridgehead atoms. The van der Waals surface area contributed by atoms with Gasteiger partial charge in [0.15, 0.2) is 5.52 Å². The Balaban J connectivity index is 1.94. The highest BCUT2D eigenvalue weighted by atomic mass is 32.2. The summed E-state index contributed by atoms with van der Waals surface area (Å²) in [6, 6.07) is 4.88. The minimum absolute atomic E-state index is 0.168. The van der Waals surface area contributed by atoms with Crippen LogP contribution in [-0.4, -0.2) is 60.7 Å². The number of nitrogens with zero attached hydrogens (tertiary/aromatic N) is 4. The second-order valence-corrected chi connectivity index (χ2v) is 6.63. The molecule has 20 heavy (non-hydrogen) atoms. The molecule has 0 N–H and O–H groups in total. The second kappa shape index (κ2) is 5.12. The summed E-state index contributed by atoms with van der Waals surface area (Å²) in [5.41, 5.74) is 0.753. The first kappa shape index (κ1) is 13.5. The lowest BCUT2D eigenvalue weighted by molar-refractivity contribution is 0.196. The molecule has 7 nitrogen and oxygen atoms in total. The van der Waals surface area contributed by atoms with E-state index < -0.39 is 10.0 Å².